The normalized spacial score (nSPS) is 23.7. The maximum Gasteiger partial charge on any atom is 0.407 e. The third kappa shape index (κ3) is 2.16. The summed E-state index contributed by atoms with van der Waals surface area (Å²) in [6.07, 6.45) is -1.07. The average molecular weight is 262 g/mol. The van der Waals surface area contributed by atoms with Crippen molar-refractivity contribution in [2.45, 2.75) is 32.0 Å². The number of carbonyl (C=O) groups excluding carboxylic acids is 1. The first-order chi connectivity index (χ1) is 8.95. The second kappa shape index (κ2) is 4.91. The highest BCUT2D eigenvalue weighted by atomic mass is 16.4. The van der Waals surface area contributed by atoms with Crippen LogP contribution in [-0.4, -0.2) is 46.0 Å². The Balaban J connectivity index is 2.13. The summed E-state index contributed by atoms with van der Waals surface area (Å²) in [5, 5.41) is 8.95. The number of likely N-dealkylation sites (tertiary alicyclic amines) is 1. The minimum Gasteiger partial charge on any atom is -0.465 e. The molecular weight excluding hydrogens is 244 g/mol. The van der Waals surface area contributed by atoms with Crippen molar-refractivity contribution in [3.63, 3.8) is 0 Å². The Morgan fingerprint density at radius 3 is 2.42 bits per heavy atom. The summed E-state index contributed by atoms with van der Waals surface area (Å²) in [5.74, 6) is -0.131. The third-order valence-electron chi connectivity index (χ3n) is 3.82. The number of likely N-dealkylation sites (N-methyl/N-ethyl adjacent to an activating group) is 1. The molecule has 102 valence electrons. The van der Waals surface area contributed by atoms with Gasteiger partial charge in [0, 0.05) is 7.05 Å². The number of benzene rings is 1. The number of carboxylic acid groups (broad SMARTS) is 1. The first-order valence-corrected chi connectivity index (χ1v) is 6.28. The molecule has 1 N–H and O–H groups in total. The Bertz CT molecular complexity index is 489. The van der Waals surface area contributed by atoms with Crippen molar-refractivity contribution in [2.24, 2.45) is 0 Å². The molecule has 1 aromatic rings. The summed E-state index contributed by atoms with van der Waals surface area (Å²) in [7, 11) is 1.44. The van der Waals surface area contributed by atoms with E-state index >= 15 is 0 Å². The van der Waals surface area contributed by atoms with Gasteiger partial charge in [-0.05, 0) is 19.4 Å². The van der Waals surface area contributed by atoms with Crippen molar-refractivity contribution in [3.8, 4) is 0 Å². The Labute approximate surface area is 112 Å². The molecule has 1 fully saturated rings. The molecule has 3 unspecified atom stereocenters. The summed E-state index contributed by atoms with van der Waals surface area (Å²) in [5.41, 5.74) is 1.05. The van der Waals surface area contributed by atoms with Crippen LogP contribution >= 0.6 is 0 Å². The summed E-state index contributed by atoms with van der Waals surface area (Å²) < 4.78 is 0. The minimum absolute atomic E-state index is 0.0397. The largest absolute Gasteiger partial charge is 0.465 e. The molecule has 0 bridgehead atoms. The number of hydrogen-bond donors (Lipinski definition) is 1. The molecular formula is C14H18N2O3. The summed E-state index contributed by atoms with van der Waals surface area (Å²) in [4.78, 5) is 25.9. The molecule has 0 aliphatic carbocycles. The summed E-state index contributed by atoms with van der Waals surface area (Å²) in [6.45, 7) is 3.84. The molecule has 1 heterocycles. The quantitative estimate of drug-likeness (QED) is 0.847. The van der Waals surface area contributed by atoms with Gasteiger partial charge in [-0.25, -0.2) is 4.79 Å². The molecule has 0 aromatic heterocycles. The molecule has 1 aliphatic heterocycles. The lowest BCUT2D eigenvalue weighted by Gasteiger charge is -2.51. The molecule has 0 radical (unpaired) electrons. The van der Waals surface area contributed by atoms with E-state index in [1.165, 1.54) is 7.05 Å². The van der Waals surface area contributed by atoms with Crippen LogP contribution in [0.2, 0.25) is 0 Å². The molecule has 0 spiro atoms. The predicted molar refractivity (Wildman–Crippen MR) is 70.7 cm³/mol. The van der Waals surface area contributed by atoms with Gasteiger partial charge in [0.15, 0.2) is 0 Å². The Kier molecular flexibility index (Phi) is 3.46. The van der Waals surface area contributed by atoms with E-state index in [0.717, 1.165) is 10.5 Å². The molecule has 1 aliphatic rings. The molecule has 2 amide bonds. The number of β-lactam (4-membered cyclic amide) rings is 1. The van der Waals surface area contributed by atoms with E-state index in [4.69, 9.17) is 5.11 Å². The minimum atomic E-state index is -1.07. The van der Waals surface area contributed by atoms with Gasteiger partial charge in [-0.1, -0.05) is 30.3 Å². The van der Waals surface area contributed by atoms with E-state index in [2.05, 4.69) is 0 Å². The molecule has 19 heavy (non-hydrogen) atoms. The van der Waals surface area contributed by atoms with Gasteiger partial charge in [-0.3, -0.25) is 9.69 Å². The second-order valence-corrected chi connectivity index (χ2v) is 4.91. The summed E-state index contributed by atoms with van der Waals surface area (Å²) in [6, 6.07) is 9.02. The van der Waals surface area contributed by atoms with Crippen LogP contribution in [0.1, 0.15) is 25.5 Å². The van der Waals surface area contributed by atoms with E-state index in [9.17, 15) is 9.59 Å². The van der Waals surface area contributed by atoms with Crippen molar-refractivity contribution >= 4 is 12.0 Å². The van der Waals surface area contributed by atoms with Gasteiger partial charge in [0.25, 0.3) is 0 Å². The fourth-order valence-electron chi connectivity index (χ4n) is 2.67. The highest BCUT2D eigenvalue weighted by molar-refractivity contribution is 5.92. The summed E-state index contributed by atoms with van der Waals surface area (Å²) >= 11 is 0. The Morgan fingerprint density at radius 2 is 1.95 bits per heavy atom. The van der Waals surface area contributed by atoms with Gasteiger partial charge in [0.1, 0.15) is 6.04 Å². The van der Waals surface area contributed by atoms with Crippen molar-refractivity contribution in [2.75, 3.05) is 7.05 Å². The van der Waals surface area contributed by atoms with Crippen LogP contribution in [0.3, 0.4) is 0 Å². The highest BCUT2D eigenvalue weighted by Crippen LogP contribution is 2.33. The lowest BCUT2D eigenvalue weighted by atomic mass is 9.91. The Morgan fingerprint density at radius 1 is 1.37 bits per heavy atom. The lowest BCUT2D eigenvalue weighted by molar-refractivity contribution is -0.159. The number of amides is 2. The van der Waals surface area contributed by atoms with E-state index < -0.39 is 12.1 Å². The van der Waals surface area contributed by atoms with Gasteiger partial charge < -0.3 is 10.0 Å². The monoisotopic (exact) mass is 262 g/mol. The number of nitrogens with zero attached hydrogens (tertiary/aromatic N) is 2. The van der Waals surface area contributed by atoms with Crippen molar-refractivity contribution in [3.05, 3.63) is 35.9 Å². The van der Waals surface area contributed by atoms with Crippen molar-refractivity contribution < 1.29 is 14.7 Å². The molecule has 0 saturated carbocycles. The number of rotatable bonds is 3. The van der Waals surface area contributed by atoms with E-state index in [1.807, 2.05) is 44.2 Å². The van der Waals surface area contributed by atoms with Gasteiger partial charge in [-0.15, -0.1) is 0 Å². The van der Waals surface area contributed by atoms with Gasteiger partial charge in [0.2, 0.25) is 5.91 Å². The maximum absolute atomic E-state index is 12.2. The smallest absolute Gasteiger partial charge is 0.407 e. The van der Waals surface area contributed by atoms with Crippen LogP contribution < -0.4 is 0 Å². The zero-order valence-corrected chi connectivity index (χ0v) is 11.3. The van der Waals surface area contributed by atoms with Gasteiger partial charge in [-0.2, -0.15) is 0 Å². The molecule has 3 atom stereocenters. The zero-order valence-electron chi connectivity index (χ0n) is 11.3. The molecule has 5 heteroatoms. The Hall–Kier alpha value is -2.04. The molecule has 1 saturated heterocycles. The zero-order chi connectivity index (χ0) is 14.2. The fraction of sp³-hybridized carbons (Fsp3) is 0.429. The van der Waals surface area contributed by atoms with Crippen LogP contribution in [0, 0.1) is 0 Å². The standard InChI is InChI=1S/C14H18N2O3/c1-9(11-7-5-4-6-8-11)16-10(2)12(13(16)17)15(3)14(18)19/h4-10,12H,1-3H3,(H,18,19). The highest BCUT2D eigenvalue weighted by Gasteiger charge is 2.50. The maximum atomic E-state index is 12.2. The molecule has 2 rings (SSSR count). The van der Waals surface area contributed by atoms with Crippen LogP contribution in [0.5, 0.6) is 0 Å². The van der Waals surface area contributed by atoms with Crippen LogP contribution in [-0.2, 0) is 4.79 Å². The van der Waals surface area contributed by atoms with Crippen LogP contribution in [0.4, 0.5) is 4.79 Å². The first kappa shape index (κ1) is 13.4. The molecule has 1 aromatic carbocycles. The lowest BCUT2D eigenvalue weighted by Crippen LogP contribution is -2.69. The van der Waals surface area contributed by atoms with E-state index in [-0.39, 0.29) is 18.0 Å². The molecule has 5 nitrogen and oxygen atoms in total. The number of hydrogen-bond acceptors (Lipinski definition) is 2. The van der Waals surface area contributed by atoms with Gasteiger partial charge >= 0.3 is 6.09 Å². The fourth-order valence-corrected chi connectivity index (χ4v) is 2.67. The second-order valence-electron chi connectivity index (χ2n) is 4.91. The first-order valence-electron chi connectivity index (χ1n) is 6.28. The SMILES string of the molecule is CC(c1ccccc1)N1C(=O)C(N(C)C(=O)O)C1C. The number of carbonyl (C=O) groups is 2. The van der Waals surface area contributed by atoms with E-state index in [0.29, 0.717) is 0 Å². The van der Waals surface area contributed by atoms with Crippen molar-refractivity contribution in [1.29, 1.82) is 0 Å². The van der Waals surface area contributed by atoms with E-state index in [1.54, 1.807) is 4.90 Å². The topological polar surface area (TPSA) is 60.9 Å². The average Bonchev–Trinajstić information content (AvgIpc) is 2.39. The van der Waals surface area contributed by atoms with Crippen LogP contribution in [0.15, 0.2) is 30.3 Å². The van der Waals surface area contributed by atoms with Crippen molar-refractivity contribution in [1.82, 2.24) is 9.80 Å². The van der Waals surface area contributed by atoms with Crippen LogP contribution in [0.25, 0.3) is 0 Å². The third-order valence-corrected chi connectivity index (χ3v) is 3.82. The van der Waals surface area contributed by atoms with Gasteiger partial charge in [0.05, 0.1) is 12.1 Å². The predicted octanol–water partition coefficient (Wildman–Crippen LogP) is 1.96.